The maximum atomic E-state index is 5.51. The molecule has 0 bridgehead atoms. The van der Waals surface area contributed by atoms with Gasteiger partial charge in [-0.05, 0) is 48.1 Å². The molecule has 30 heavy (non-hydrogen) atoms. The van der Waals surface area contributed by atoms with E-state index >= 15 is 0 Å². The van der Waals surface area contributed by atoms with Crippen LogP contribution in [0.3, 0.4) is 0 Å². The summed E-state index contributed by atoms with van der Waals surface area (Å²) >= 11 is 0. The van der Waals surface area contributed by atoms with Crippen LogP contribution >= 0.6 is 0 Å². The van der Waals surface area contributed by atoms with Crippen LogP contribution in [-0.2, 0) is 13.0 Å². The van der Waals surface area contributed by atoms with E-state index in [4.69, 9.17) is 4.52 Å². The maximum Gasteiger partial charge on any atom is 0.206 e. The molecule has 0 atom stereocenters. The lowest BCUT2D eigenvalue weighted by Gasteiger charge is -2.36. The lowest BCUT2D eigenvalue weighted by molar-refractivity contribution is 0.241. The lowest BCUT2D eigenvalue weighted by atomic mass is 9.99. The summed E-state index contributed by atoms with van der Waals surface area (Å²) in [4.78, 5) is 4.90. The first-order valence-corrected chi connectivity index (χ1v) is 11.0. The second-order valence-corrected chi connectivity index (χ2v) is 8.94. The smallest absolute Gasteiger partial charge is 0.206 e. The fourth-order valence-electron chi connectivity index (χ4n) is 4.24. The van der Waals surface area contributed by atoms with Gasteiger partial charge in [0.2, 0.25) is 5.82 Å². The minimum absolute atomic E-state index is 0.616. The van der Waals surface area contributed by atoms with Gasteiger partial charge >= 0.3 is 0 Å². The number of rotatable bonds is 7. The third-order valence-corrected chi connectivity index (χ3v) is 5.95. The Morgan fingerprint density at radius 3 is 2.67 bits per heavy atom. The Hall–Kier alpha value is -2.74. The van der Waals surface area contributed by atoms with E-state index in [1.165, 1.54) is 24.1 Å². The third kappa shape index (κ3) is 4.23. The van der Waals surface area contributed by atoms with Crippen molar-refractivity contribution in [3.63, 3.8) is 0 Å². The number of aromatic nitrogens is 5. The van der Waals surface area contributed by atoms with E-state index < -0.39 is 0 Å². The van der Waals surface area contributed by atoms with Crippen molar-refractivity contribution in [2.45, 2.75) is 45.6 Å². The van der Waals surface area contributed by atoms with Crippen molar-refractivity contribution in [1.29, 1.82) is 0 Å². The van der Waals surface area contributed by atoms with Crippen molar-refractivity contribution in [3.8, 4) is 11.4 Å². The van der Waals surface area contributed by atoms with E-state index in [1.54, 1.807) is 0 Å². The number of benzene rings is 1. The van der Waals surface area contributed by atoms with Crippen LogP contribution in [0.4, 0.5) is 5.69 Å². The summed E-state index contributed by atoms with van der Waals surface area (Å²) in [5.41, 5.74) is 4.64. The second-order valence-electron chi connectivity index (χ2n) is 8.94. The average Bonchev–Trinajstić information content (AvgIpc) is 3.24. The number of H-pyrrole nitrogens is 1. The zero-order chi connectivity index (χ0) is 20.5. The van der Waals surface area contributed by atoms with Gasteiger partial charge < -0.3 is 9.42 Å². The molecule has 8 nitrogen and oxygen atoms in total. The number of nitrogens with zero attached hydrogens (tertiary/aromatic N) is 6. The highest BCUT2D eigenvalue weighted by Crippen LogP contribution is 2.40. The Labute approximate surface area is 176 Å². The zero-order valence-corrected chi connectivity index (χ0v) is 17.7. The third-order valence-electron chi connectivity index (χ3n) is 5.95. The molecule has 1 N–H and O–H groups in total. The Bertz CT molecular complexity index is 969. The highest BCUT2D eigenvalue weighted by atomic mass is 16.5. The molecule has 3 aromatic rings. The van der Waals surface area contributed by atoms with Gasteiger partial charge in [-0.1, -0.05) is 25.1 Å². The minimum Gasteiger partial charge on any atom is -0.368 e. The highest BCUT2D eigenvalue weighted by Gasteiger charge is 2.28. The maximum absolute atomic E-state index is 5.51. The van der Waals surface area contributed by atoms with E-state index in [0.717, 1.165) is 56.2 Å². The first kappa shape index (κ1) is 19.2. The monoisotopic (exact) mass is 407 g/mol. The normalized spacial score (nSPS) is 17.8. The van der Waals surface area contributed by atoms with Crippen LogP contribution < -0.4 is 4.90 Å². The largest absolute Gasteiger partial charge is 0.368 e. The minimum atomic E-state index is 0.616. The topological polar surface area (TPSA) is 87.0 Å². The van der Waals surface area contributed by atoms with Gasteiger partial charge in [0.1, 0.15) is 5.76 Å². The van der Waals surface area contributed by atoms with Crippen molar-refractivity contribution in [1.82, 2.24) is 30.7 Å². The van der Waals surface area contributed by atoms with E-state index in [2.05, 4.69) is 73.7 Å². The number of tetrazole rings is 1. The quantitative estimate of drug-likeness (QED) is 0.643. The fourth-order valence-corrected chi connectivity index (χ4v) is 4.24. The first-order chi connectivity index (χ1) is 14.7. The van der Waals surface area contributed by atoms with E-state index in [9.17, 15) is 0 Å². The summed E-state index contributed by atoms with van der Waals surface area (Å²) < 4.78 is 5.51. The Kier molecular flexibility index (Phi) is 5.25. The molecule has 1 aliphatic heterocycles. The molecule has 0 unspecified atom stereocenters. The molecule has 8 heteroatoms. The molecule has 3 heterocycles. The zero-order valence-electron chi connectivity index (χ0n) is 17.7. The molecule has 1 aliphatic carbocycles. The molecule has 1 saturated carbocycles. The van der Waals surface area contributed by atoms with Crippen LogP contribution in [0.1, 0.15) is 49.6 Å². The van der Waals surface area contributed by atoms with Gasteiger partial charge in [0, 0.05) is 56.0 Å². The van der Waals surface area contributed by atoms with Gasteiger partial charge in [-0.15, -0.1) is 10.2 Å². The van der Waals surface area contributed by atoms with Crippen LogP contribution in [0, 0.1) is 5.92 Å². The summed E-state index contributed by atoms with van der Waals surface area (Å²) in [5, 5.41) is 19.1. The van der Waals surface area contributed by atoms with Crippen LogP contribution in [0.5, 0.6) is 0 Å². The van der Waals surface area contributed by atoms with Gasteiger partial charge in [0.05, 0.1) is 5.69 Å². The Morgan fingerprint density at radius 2 is 1.97 bits per heavy atom. The number of anilines is 1. The lowest BCUT2D eigenvalue weighted by Crippen LogP contribution is -2.46. The molecular formula is C22H29N7O. The predicted octanol–water partition coefficient (Wildman–Crippen LogP) is 3.25. The van der Waals surface area contributed by atoms with E-state index in [1.807, 2.05) is 0 Å². The summed E-state index contributed by atoms with van der Waals surface area (Å²) in [6.07, 6.45) is 3.55. The number of hydrogen-bond acceptors (Lipinski definition) is 7. The highest BCUT2D eigenvalue weighted by molar-refractivity contribution is 5.75. The van der Waals surface area contributed by atoms with E-state index in [0.29, 0.717) is 17.7 Å². The van der Waals surface area contributed by atoms with Crippen LogP contribution in [0.2, 0.25) is 0 Å². The Balaban J connectivity index is 1.29. The fraction of sp³-hybridized carbons (Fsp3) is 0.545. The van der Waals surface area contributed by atoms with Gasteiger partial charge in [-0.2, -0.15) is 5.21 Å². The first-order valence-electron chi connectivity index (χ1n) is 11.0. The number of hydrogen-bond donors (Lipinski definition) is 1. The standard InChI is InChI=1S/C22H29N7O/c1-15(2)11-16-3-6-19(22-23-26-27-24-22)20(12-16)29-9-7-28(8-10-29)14-18-13-21(30-25-18)17-4-5-17/h3,6,12-13,15,17H,4-5,7-11,14H2,1-2H3,(H,23,24,26,27). The van der Waals surface area contributed by atoms with Crippen molar-refractivity contribution in [3.05, 3.63) is 41.3 Å². The summed E-state index contributed by atoms with van der Waals surface area (Å²) in [7, 11) is 0. The van der Waals surface area contributed by atoms with Crippen molar-refractivity contribution in [2.24, 2.45) is 5.92 Å². The molecule has 158 valence electrons. The summed E-state index contributed by atoms with van der Waals surface area (Å²) in [6.45, 7) is 9.27. The van der Waals surface area contributed by atoms with Gasteiger partial charge in [0.15, 0.2) is 0 Å². The molecule has 1 saturated heterocycles. The Morgan fingerprint density at radius 1 is 1.13 bits per heavy atom. The number of aromatic amines is 1. The summed E-state index contributed by atoms with van der Waals surface area (Å²) in [5.74, 6) is 2.95. The number of nitrogens with one attached hydrogen (secondary N) is 1. The van der Waals surface area contributed by atoms with Crippen LogP contribution in [-0.4, -0.2) is 56.9 Å². The van der Waals surface area contributed by atoms with Crippen molar-refractivity contribution < 1.29 is 4.52 Å². The molecular weight excluding hydrogens is 378 g/mol. The van der Waals surface area contributed by atoms with Gasteiger partial charge in [-0.3, -0.25) is 4.90 Å². The van der Waals surface area contributed by atoms with Crippen LogP contribution in [0.25, 0.3) is 11.4 Å². The molecule has 0 radical (unpaired) electrons. The van der Waals surface area contributed by atoms with Crippen molar-refractivity contribution >= 4 is 5.69 Å². The van der Waals surface area contributed by atoms with Crippen molar-refractivity contribution in [2.75, 3.05) is 31.1 Å². The van der Waals surface area contributed by atoms with Gasteiger partial charge in [-0.25, -0.2) is 0 Å². The average molecular weight is 408 g/mol. The molecule has 1 aromatic carbocycles. The molecule has 2 fully saturated rings. The molecule has 0 amide bonds. The summed E-state index contributed by atoms with van der Waals surface area (Å²) in [6, 6.07) is 8.78. The number of piperazine rings is 1. The molecule has 0 spiro atoms. The molecule has 2 aliphatic rings. The SMILES string of the molecule is CC(C)Cc1ccc(-c2nn[nH]n2)c(N2CCN(Cc3cc(C4CC4)on3)CC2)c1. The van der Waals surface area contributed by atoms with Crippen LogP contribution in [0.15, 0.2) is 28.8 Å². The second kappa shape index (κ2) is 8.18. The molecule has 5 rings (SSSR count). The predicted molar refractivity (Wildman–Crippen MR) is 114 cm³/mol. The van der Waals surface area contributed by atoms with E-state index in [-0.39, 0.29) is 0 Å². The van der Waals surface area contributed by atoms with Gasteiger partial charge in [0.25, 0.3) is 0 Å². The molecule has 2 aromatic heterocycles.